The van der Waals surface area contributed by atoms with Gasteiger partial charge in [-0.15, -0.1) is 0 Å². The van der Waals surface area contributed by atoms with Crippen molar-refractivity contribution in [3.8, 4) is 0 Å². The van der Waals surface area contributed by atoms with Crippen LogP contribution in [0.25, 0.3) is 0 Å². The Hall–Kier alpha value is -2.34. The maximum atomic E-state index is 12.9. The molecule has 1 aromatic carbocycles. The number of hydrogen-bond donors (Lipinski definition) is 2. The first-order chi connectivity index (χ1) is 10.0. The average molecular weight is 291 g/mol. The van der Waals surface area contributed by atoms with E-state index in [1.54, 1.807) is 6.26 Å². The molecule has 112 valence electrons. The first-order valence-corrected chi connectivity index (χ1v) is 6.60. The summed E-state index contributed by atoms with van der Waals surface area (Å²) in [6.45, 7) is 1.21. The summed E-state index contributed by atoms with van der Waals surface area (Å²) in [6.07, 6.45) is 1.93. The van der Waals surface area contributed by atoms with Crippen LogP contribution in [0, 0.1) is 5.82 Å². The topological polar surface area (TPSA) is 71.5 Å². The van der Waals surface area contributed by atoms with E-state index in [2.05, 4.69) is 5.32 Å². The van der Waals surface area contributed by atoms with E-state index in [9.17, 15) is 9.18 Å². The molecule has 0 aliphatic heterocycles. The first kappa shape index (κ1) is 15.1. The monoisotopic (exact) mass is 291 g/mol. The Labute approximate surface area is 122 Å². The number of nitrogen functional groups attached to an aromatic ring is 1. The second-order valence-corrected chi connectivity index (χ2v) is 4.85. The van der Waals surface area contributed by atoms with Gasteiger partial charge in [0.05, 0.1) is 24.2 Å². The number of anilines is 2. The van der Waals surface area contributed by atoms with Gasteiger partial charge in [0.2, 0.25) is 5.91 Å². The van der Waals surface area contributed by atoms with Crippen LogP contribution in [-0.2, 0) is 11.3 Å². The fraction of sp³-hybridized carbons (Fsp3) is 0.267. The van der Waals surface area contributed by atoms with E-state index in [0.717, 1.165) is 5.76 Å². The minimum atomic E-state index is -0.427. The molecule has 3 N–H and O–H groups in total. The predicted molar refractivity (Wildman–Crippen MR) is 79.1 cm³/mol. The van der Waals surface area contributed by atoms with Gasteiger partial charge >= 0.3 is 0 Å². The molecule has 6 heteroatoms. The summed E-state index contributed by atoms with van der Waals surface area (Å²) in [7, 11) is 1.90. The zero-order valence-electron chi connectivity index (χ0n) is 11.8. The van der Waals surface area contributed by atoms with Crippen LogP contribution in [0.2, 0.25) is 0 Å². The van der Waals surface area contributed by atoms with Crippen molar-refractivity contribution in [2.24, 2.45) is 0 Å². The third-order valence-corrected chi connectivity index (χ3v) is 3.01. The highest BCUT2D eigenvalue weighted by Crippen LogP contribution is 2.19. The summed E-state index contributed by atoms with van der Waals surface area (Å²) in [5.41, 5.74) is 6.28. The zero-order valence-corrected chi connectivity index (χ0v) is 11.8. The molecule has 0 aliphatic rings. The number of halogens is 1. The summed E-state index contributed by atoms with van der Waals surface area (Å²) in [6, 6.07) is 7.60. The number of rotatable bonds is 6. The maximum Gasteiger partial charge on any atom is 0.225 e. The molecule has 21 heavy (non-hydrogen) atoms. The van der Waals surface area contributed by atoms with Crippen LogP contribution in [0.4, 0.5) is 15.8 Å². The normalized spacial score (nSPS) is 10.8. The SMILES string of the molecule is CN(CCC(=O)Nc1ccc(F)cc1N)Cc1ccco1. The number of nitrogens with zero attached hydrogens (tertiary/aromatic N) is 1. The van der Waals surface area contributed by atoms with Crippen molar-refractivity contribution in [1.29, 1.82) is 0 Å². The fourth-order valence-electron chi connectivity index (χ4n) is 1.90. The highest BCUT2D eigenvalue weighted by Gasteiger charge is 2.09. The molecule has 0 atom stereocenters. The van der Waals surface area contributed by atoms with Gasteiger partial charge in [-0.1, -0.05) is 0 Å². The van der Waals surface area contributed by atoms with Crippen molar-refractivity contribution in [3.63, 3.8) is 0 Å². The molecule has 0 saturated heterocycles. The number of nitrogens with two attached hydrogens (primary N) is 1. The largest absolute Gasteiger partial charge is 0.468 e. The molecule has 5 nitrogen and oxygen atoms in total. The van der Waals surface area contributed by atoms with E-state index in [1.165, 1.54) is 18.2 Å². The number of amides is 1. The highest BCUT2D eigenvalue weighted by molar-refractivity contribution is 5.93. The van der Waals surface area contributed by atoms with Gasteiger partial charge in [0, 0.05) is 13.0 Å². The van der Waals surface area contributed by atoms with Crippen LogP contribution in [0.1, 0.15) is 12.2 Å². The zero-order chi connectivity index (χ0) is 15.2. The molecule has 1 amide bonds. The molecule has 0 spiro atoms. The van der Waals surface area contributed by atoms with Crippen LogP contribution in [0.15, 0.2) is 41.0 Å². The van der Waals surface area contributed by atoms with Gasteiger partial charge in [-0.05, 0) is 37.4 Å². The molecule has 2 rings (SSSR count). The van der Waals surface area contributed by atoms with Gasteiger partial charge in [-0.3, -0.25) is 9.69 Å². The summed E-state index contributed by atoms with van der Waals surface area (Å²) >= 11 is 0. The minimum absolute atomic E-state index is 0.167. The van der Waals surface area contributed by atoms with Crippen molar-refractivity contribution in [1.82, 2.24) is 4.90 Å². The summed E-state index contributed by atoms with van der Waals surface area (Å²) < 4.78 is 18.2. The van der Waals surface area contributed by atoms with Crippen LogP contribution in [-0.4, -0.2) is 24.4 Å². The van der Waals surface area contributed by atoms with Crippen LogP contribution in [0.3, 0.4) is 0 Å². The molecule has 2 aromatic rings. The molecule has 1 heterocycles. The number of benzene rings is 1. The third-order valence-electron chi connectivity index (χ3n) is 3.01. The molecule has 0 aliphatic carbocycles. The van der Waals surface area contributed by atoms with Crippen molar-refractivity contribution in [2.75, 3.05) is 24.6 Å². The fourth-order valence-corrected chi connectivity index (χ4v) is 1.90. The second kappa shape index (κ2) is 6.90. The van der Waals surface area contributed by atoms with E-state index in [-0.39, 0.29) is 11.6 Å². The predicted octanol–water partition coefficient (Wildman–Crippen LogP) is 2.46. The molecule has 0 saturated carbocycles. The van der Waals surface area contributed by atoms with E-state index in [0.29, 0.717) is 25.2 Å². The molecular formula is C15H18FN3O2. The van der Waals surface area contributed by atoms with Crippen molar-refractivity contribution in [3.05, 3.63) is 48.2 Å². The number of nitrogens with one attached hydrogen (secondary N) is 1. The van der Waals surface area contributed by atoms with Gasteiger partial charge in [0.25, 0.3) is 0 Å². The third kappa shape index (κ3) is 4.61. The summed E-state index contributed by atoms with van der Waals surface area (Å²) in [5, 5.41) is 2.67. The van der Waals surface area contributed by atoms with Crippen LogP contribution < -0.4 is 11.1 Å². The smallest absolute Gasteiger partial charge is 0.225 e. The van der Waals surface area contributed by atoms with Crippen molar-refractivity contribution >= 4 is 17.3 Å². The van der Waals surface area contributed by atoms with Gasteiger partial charge in [0.1, 0.15) is 11.6 Å². The Bertz CT molecular complexity index is 599. The Balaban J connectivity index is 1.79. The Morgan fingerprint density at radius 3 is 2.90 bits per heavy atom. The lowest BCUT2D eigenvalue weighted by Crippen LogP contribution is -2.24. The average Bonchev–Trinajstić information content (AvgIpc) is 2.92. The Morgan fingerprint density at radius 2 is 2.24 bits per heavy atom. The number of furan rings is 1. The van der Waals surface area contributed by atoms with E-state index in [4.69, 9.17) is 10.2 Å². The molecular weight excluding hydrogens is 273 g/mol. The number of carbonyl (C=O) groups is 1. The van der Waals surface area contributed by atoms with Gasteiger partial charge in [-0.2, -0.15) is 0 Å². The van der Waals surface area contributed by atoms with Gasteiger partial charge in [-0.25, -0.2) is 4.39 Å². The molecule has 0 fully saturated rings. The number of hydrogen-bond acceptors (Lipinski definition) is 4. The lowest BCUT2D eigenvalue weighted by atomic mass is 10.2. The van der Waals surface area contributed by atoms with E-state index < -0.39 is 5.82 Å². The molecule has 0 bridgehead atoms. The molecule has 0 radical (unpaired) electrons. The van der Waals surface area contributed by atoms with Gasteiger partial charge in [0.15, 0.2) is 0 Å². The highest BCUT2D eigenvalue weighted by atomic mass is 19.1. The van der Waals surface area contributed by atoms with E-state index in [1.807, 2.05) is 24.1 Å². The summed E-state index contributed by atoms with van der Waals surface area (Å²) in [5.74, 6) is 0.254. The number of carbonyl (C=O) groups excluding carboxylic acids is 1. The Morgan fingerprint density at radius 1 is 1.43 bits per heavy atom. The quantitative estimate of drug-likeness (QED) is 0.802. The Kier molecular flexibility index (Phi) is 4.94. The van der Waals surface area contributed by atoms with Crippen LogP contribution in [0.5, 0.6) is 0 Å². The van der Waals surface area contributed by atoms with Gasteiger partial charge < -0.3 is 15.5 Å². The lowest BCUT2D eigenvalue weighted by Gasteiger charge is -2.15. The van der Waals surface area contributed by atoms with E-state index >= 15 is 0 Å². The maximum absolute atomic E-state index is 12.9. The first-order valence-electron chi connectivity index (χ1n) is 6.60. The minimum Gasteiger partial charge on any atom is -0.468 e. The van der Waals surface area contributed by atoms with Crippen molar-refractivity contribution in [2.45, 2.75) is 13.0 Å². The molecule has 0 unspecified atom stereocenters. The summed E-state index contributed by atoms with van der Waals surface area (Å²) in [4.78, 5) is 13.8. The molecule has 1 aromatic heterocycles. The van der Waals surface area contributed by atoms with Crippen LogP contribution >= 0.6 is 0 Å². The van der Waals surface area contributed by atoms with Crippen molar-refractivity contribution < 1.29 is 13.6 Å². The standard InChI is InChI=1S/C15H18FN3O2/c1-19(10-12-3-2-8-21-12)7-6-15(20)18-14-5-4-11(16)9-13(14)17/h2-5,8-9H,6-7,10,17H2,1H3,(H,18,20). The second-order valence-electron chi connectivity index (χ2n) is 4.85. The lowest BCUT2D eigenvalue weighted by molar-refractivity contribution is -0.116.